The van der Waals surface area contributed by atoms with Crippen molar-refractivity contribution in [1.82, 2.24) is 5.43 Å². The van der Waals surface area contributed by atoms with Gasteiger partial charge in [0.05, 0.1) is 16.8 Å². The molecule has 0 aliphatic carbocycles. The molecule has 0 heterocycles. The van der Waals surface area contributed by atoms with Crippen molar-refractivity contribution >= 4 is 27.8 Å². The van der Waals surface area contributed by atoms with E-state index in [1.807, 2.05) is 30.3 Å². The molecular formula is C28H24FN3O4S. The van der Waals surface area contributed by atoms with E-state index in [9.17, 15) is 17.6 Å². The number of ether oxygens (including phenoxy) is 1. The summed E-state index contributed by atoms with van der Waals surface area (Å²) in [4.78, 5) is 12.5. The summed E-state index contributed by atoms with van der Waals surface area (Å²) < 4.78 is 47.4. The minimum atomic E-state index is -4.21. The van der Waals surface area contributed by atoms with E-state index < -0.39 is 28.3 Å². The highest BCUT2D eigenvalue weighted by Crippen LogP contribution is 2.26. The van der Waals surface area contributed by atoms with Gasteiger partial charge in [0.2, 0.25) is 0 Å². The third-order valence-corrected chi connectivity index (χ3v) is 7.04. The number of benzene rings is 4. The fourth-order valence-electron chi connectivity index (χ4n) is 3.41. The highest BCUT2D eigenvalue weighted by atomic mass is 32.2. The number of hydrogen-bond acceptors (Lipinski definition) is 5. The maximum absolute atomic E-state index is 14.5. The summed E-state index contributed by atoms with van der Waals surface area (Å²) in [6.07, 6.45) is 1.41. The zero-order valence-corrected chi connectivity index (χ0v) is 20.5. The van der Waals surface area contributed by atoms with Gasteiger partial charge in [-0.3, -0.25) is 9.10 Å². The van der Waals surface area contributed by atoms with Gasteiger partial charge in [-0.15, -0.1) is 0 Å². The molecule has 0 aliphatic heterocycles. The number of rotatable bonds is 10. The summed E-state index contributed by atoms with van der Waals surface area (Å²) in [7, 11) is -4.21. The molecule has 1 N–H and O–H groups in total. The Balaban J connectivity index is 1.41. The highest BCUT2D eigenvalue weighted by molar-refractivity contribution is 7.92. The van der Waals surface area contributed by atoms with Gasteiger partial charge >= 0.3 is 0 Å². The quantitative estimate of drug-likeness (QED) is 0.243. The number of hydrazone groups is 1. The molecule has 0 radical (unpaired) electrons. The Morgan fingerprint density at radius 2 is 1.49 bits per heavy atom. The lowest BCUT2D eigenvalue weighted by molar-refractivity contribution is -0.119. The third-order valence-electron chi connectivity index (χ3n) is 5.27. The molecule has 9 heteroatoms. The number of nitrogens with zero attached hydrogens (tertiary/aromatic N) is 2. The molecule has 188 valence electrons. The fraction of sp³-hybridized carbons (Fsp3) is 0.0714. The second-order valence-corrected chi connectivity index (χ2v) is 9.77. The van der Waals surface area contributed by atoms with Crippen LogP contribution in [0.25, 0.3) is 0 Å². The van der Waals surface area contributed by atoms with Crippen molar-refractivity contribution in [3.63, 3.8) is 0 Å². The third kappa shape index (κ3) is 6.80. The largest absolute Gasteiger partial charge is 0.489 e. The Hall–Kier alpha value is -4.50. The molecule has 4 rings (SSSR count). The second-order valence-electron chi connectivity index (χ2n) is 7.91. The van der Waals surface area contributed by atoms with Crippen molar-refractivity contribution in [2.45, 2.75) is 11.5 Å². The van der Waals surface area contributed by atoms with E-state index >= 15 is 0 Å². The standard InChI is InChI=1S/C28H24FN3O4S/c29-26-13-7-8-14-27(26)32(37(34,35)25-11-5-2-6-12-25)20-28(33)31-30-19-22-15-17-24(18-16-22)36-21-23-9-3-1-4-10-23/h1-19H,20-21H2,(H,31,33)/b30-19-. The van der Waals surface area contributed by atoms with Gasteiger partial charge in [0, 0.05) is 0 Å². The SMILES string of the molecule is O=C(CN(c1ccccc1F)S(=O)(=O)c1ccccc1)N/N=C\c1ccc(OCc2ccccc2)cc1. The molecular weight excluding hydrogens is 493 g/mol. The van der Waals surface area contributed by atoms with E-state index in [0.717, 1.165) is 15.9 Å². The smallest absolute Gasteiger partial charge is 0.264 e. The van der Waals surface area contributed by atoms with Crippen LogP contribution in [0.4, 0.5) is 10.1 Å². The summed E-state index contributed by atoms with van der Waals surface area (Å²) >= 11 is 0. The normalized spacial score (nSPS) is 11.3. The number of para-hydroxylation sites is 1. The molecule has 0 spiro atoms. The van der Waals surface area contributed by atoms with Crippen molar-refractivity contribution in [3.05, 3.63) is 126 Å². The number of carbonyl (C=O) groups excluding carboxylic acids is 1. The van der Waals surface area contributed by atoms with Crippen molar-refractivity contribution in [2.75, 3.05) is 10.8 Å². The lowest BCUT2D eigenvalue weighted by atomic mass is 10.2. The van der Waals surface area contributed by atoms with Crippen LogP contribution < -0.4 is 14.5 Å². The van der Waals surface area contributed by atoms with Gasteiger partial charge < -0.3 is 4.74 Å². The van der Waals surface area contributed by atoms with E-state index in [1.54, 1.807) is 42.5 Å². The van der Waals surface area contributed by atoms with Crippen molar-refractivity contribution in [1.29, 1.82) is 0 Å². The molecule has 4 aromatic carbocycles. The molecule has 0 aliphatic rings. The van der Waals surface area contributed by atoms with Crippen molar-refractivity contribution < 1.29 is 22.3 Å². The topological polar surface area (TPSA) is 88.1 Å². The Morgan fingerprint density at radius 3 is 2.16 bits per heavy atom. The molecule has 7 nitrogen and oxygen atoms in total. The van der Waals surface area contributed by atoms with Crippen LogP contribution >= 0.6 is 0 Å². The highest BCUT2D eigenvalue weighted by Gasteiger charge is 2.28. The minimum absolute atomic E-state index is 0.0656. The van der Waals surface area contributed by atoms with Crippen LogP contribution in [0.2, 0.25) is 0 Å². The first-order chi connectivity index (χ1) is 17.9. The molecule has 0 atom stereocenters. The zero-order chi connectivity index (χ0) is 26.1. The van der Waals surface area contributed by atoms with Crippen LogP contribution in [0.3, 0.4) is 0 Å². The van der Waals surface area contributed by atoms with Crippen LogP contribution in [0, 0.1) is 5.82 Å². The monoisotopic (exact) mass is 517 g/mol. The van der Waals surface area contributed by atoms with Gasteiger partial charge in [0.15, 0.2) is 0 Å². The first-order valence-corrected chi connectivity index (χ1v) is 12.8. The van der Waals surface area contributed by atoms with E-state index in [2.05, 4.69) is 10.5 Å². The summed E-state index contributed by atoms with van der Waals surface area (Å²) in [6, 6.07) is 29.8. The Bertz CT molecular complexity index is 1460. The van der Waals surface area contributed by atoms with Crippen molar-refractivity contribution in [2.24, 2.45) is 5.10 Å². The number of carbonyl (C=O) groups is 1. The first-order valence-electron chi connectivity index (χ1n) is 11.3. The summed E-state index contributed by atoms with van der Waals surface area (Å²) in [5.41, 5.74) is 3.81. The summed E-state index contributed by atoms with van der Waals surface area (Å²) in [5, 5.41) is 3.91. The molecule has 0 aromatic heterocycles. The van der Waals surface area contributed by atoms with E-state index in [4.69, 9.17) is 4.74 Å². The molecule has 0 unspecified atom stereocenters. The average Bonchev–Trinajstić information content (AvgIpc) is 2.93. The second kappa shape index (κ2) is 12.0. The maximum atomic E-state index is 14.5. The Kier molecular flexibility index (Phi) is 8.27. The molecule has 0 saturated heterocycles. The number of anilines is 1. The van der Waals surface area contributed by atoms with Gasteiger partial charge in [0.25, 0.3) is 15.9 Å². The summed E-state index contributed by atoms with van der Waals surface area (Å²) in [5.74, 6) is -0.827. The van der Waals surface area contributed by atoms with Gasteiger partial charge in [0.1, 0.15) is 24.7 Å². The predicted molar refractivity (Wildman–Crippen MR) is 140 cm³/mol. The zero-order valence-electron chi connectivity index (χ0n) is 19.7. The Morgan fingerprint density at radius 1 is 0.865 bits per heavy atom. The molecule has 0 saturated carbocycles. The van der Waals surface area contributed by atoms with E-state index in [-0.39, 0.29) is 10.6 Å². The number of amides is 1. The van der Waals surface area contributed by atoms with Gasteiger partial charge in [-0.25, -0.2) is 18.2 Å². The lowest BCUT2D eigenvalue weighted by Gasteiger charge is -2.24. The van der Waals surface area contributed by atoms with Crippen LogP contribution in [-0.2, 0) is 21.4 Å². The number of nitrogens with one attached hydrogen (secondary N) is 1. The van der Waals surface area contributed by atoms with Crippen LogP contribution in [0.1, 0.15) is 11.1 Å². The fourth-order valence-corrected chi connectivity index (χ4v) is 4.86. The molecule has 4 aromatic rings. The van der Waals surface area contributed by atoms with E-state index in [1.165, 1.54) is 36.5 Å². The molecule has 1 amide bonds. The lowest BCUT2D eigenvalue weighted by Crippen LogP contribution is -2.40. The van der Waals surface area contributed by atoms with Crippen LogP contribution in [0.5, 0.6) is 5.75 Å². The van der Waals surface area contributed by atoms with Crippen LogP contribution in [0.15, 0.2) is 119 Å². The number of hydrogen-bond donors (Lipinski definition) is 1. The van der Waals surface area contributed by atoms with Gasteiger partial charge in [-0.1, -0.05) is 60.7 Å². The first kappa shape index (κ1) is 25.6. The Labute approximate surface area is 214 Å². The predicted octanol–water partition coefficient (Wildman–Crippen LogP) is 4.75. The molecule has 37 heavy (non-hydrogen) atoms. The number of sulfonamides is 1. The number of halogens is 1. The maximum Gasteiger partial charge on any atom is 0.264 e. The average molecular weight is 518 g/mol. The van der Waals surface area contributed by atoms with Crippen LogP contribution in [-0.4, -0.2) is 27.1 Å². The van der Waals surface area contributed by atoms with E-state index in [0.29, 0.717) is 17.9 Å². The van der Waals surface area contributed by atoms with Gasteiger partial charge in [-0.2, -0.15) is 5.10 Å². The molecule has 0 fully saturated rings. The molecule has 0 bridgehead atoms. The van der Waals surface area contributed by atoms with Gasteiger partial charge in [-0.05, 0) is 59.7 Å². The summed E-state index contributed by atoms with van der Waals surface area (Å²) in [6.45, 7) is -0.226. The van der Waals surface area contributed by atoms with Crippen molar-refractivity contribution in [3.8, 4) is 5.75 Å². The minimum Gasteiger partial charge on any atom is -0.489 e.